The van der Waals surface area contributed by atoms with Gasteiger partial charge in [-0.15, -0.1) is 0 Å². The smallest absolute Gasteiger partial charge is 0.261 e. The summed E-state index contributed by atoms with van der Waals surface area (Å²) in [7, 11) is -3.61. The highest BCUT2D eigenvalue weighted by molar-refractivity contribution is 7.92. The van der Waals surface area contributed by atoms with Crippen LogP contribution in [0.15, 0.2) is 59.5 Å². The minimum atomic E-state index is -3.61. The molecule has 6 heteroatoms. The third-order valence-corrected chi connectivity index (χ3v) is 6.32. The number of sulfonamides is 1. The zero-order valence-corrected chi connectivity index (χ0v) is 15.7. The number of amides is 1. The lowest BCUT2D eigenvalue weighted by molar-refractivity contribution is -0.129. The number of rotatable bonds is 7. The van der Waals surface area contributed by atoms with Crippen molar-refractivity contribution in [3.63, 3.8) is 0 Å². The highest BCUT2D eigenvalue weighted by atomic mass is 32.2. The van der Waals surface area contributed by atoms with Crippen molar-refractivity contribution in [1.29, 1.82) is 0 Å². The molecule has 1 saturated carbocycles. The normalized spacial score (nSPS) is 15.7. The molecule has 1 aliphatic rings. The maximum absolute atomic E-state index is 12.6. The fraction of sp³-hybridized carbons (Fsp3) is 0.350. The molecule has 0 saturated heterocycles. The molecule has 0 bridgehead atoms. The van der Waals surface area contributed by atoms with Gasteiger partial charge in [-0.05, 0) is 49.1 Å². The van der Waals surface area contributed by atoms with Gasteiger partial charge in [0, 0.05) is 12.2 Å². The molecule has 0 aromatic heterocycles. The third kappa shape index (κ3) is 3.60. The summed E-state index contributed by atoms with van der Waals surface area (Å²) in [5, 5.41) is 3.00. The highest BCUT2D eigenvalue weighted by Crippen LogP contribution is 2.44. The van der Waals surface area contributed by atoms with Crippen molar-refractivity contribution >= 4 is 21.6 Å². The van der Waals surface area contributed by atoms with Gasteiger partial charge < -0.3 is 5.32 Å². The summed E-state index contributed by atoms with van der Waals surface area (Å²) in [5.41, 5.74) is 0.965. The minimum absolute atomic E-state index is 0.0724. The molecule has 1 fully saturated rings. The summed E-state index contributed by atoms with van der Waals surface area (Å²) in [4.78, 5) is 12.8. The van der Waals surface area contributed by atoms with Gasteiger partial charge in [0.05, 0.1) is 10.3 Å². The van der Waals surface area contributed by atoms with E-state index < -0.39 is 15.4 Å². The Balaban J connectivity index is 1.77. The van der Waals surface area contributed by atoms with Crippen LogP contribution in [-0.4, -0.2) is 20.9 Å². The predicted octanol–water partition coefficient (Wildman–Crippen LogP) is 3.44. The molecule has 0 atom stereocenters. The Morgan fingerprint density at radius 2 is 1.69 bits per heavy atom. The van der Waals surface area contributed by atoms with E-state index in [4.69, 9.17) is 0 Å². The van der Waals surface area contributed by atoms with Gasteiger partial charge in [0.15, 0.2) is 0 Å². The van der Waals surface area contributed by atoms with E-state index in [-0.39, 0.29) is 10.8 Å². The number of anilines is 1. The summed E-state index contributed by atoms with van der Waals surface area (Å²) in [6.45, 7) is 2.71. The molecule has 0 aliphatic heterocycles. The Hall–Kier alpha value is -2.34. The number of hydrogen-bond acceptors (Lipinski definition) is 3. The van der Waals surface area contributed by atoms with E-state index in [9.17, 15) is 13.2 Å². The lowest BCUT2D eigenvalue weighted by Crippen LogP contribution is -2.49. The minimum Gasteiger partial charge on any atom is -0.355 e. The maximum atomic E-state index is 12.6. The summed E-state index contributed by atoms with van der Waals surface area (Å²) in [6.07, 6.45) is 3.60. The second kappa shape index (κ2) is 7.50. The molecule has 2 aromatic carbocycles. The van der Waals surface area contributed by atoms with Gasteiger partial charge in [-0.25, -0.2) is 8.42 Å². The van der Waals surface area contributed by atoms with Crippen LogP contribution in [0.2, 0.25) is 0 Å². The van der Waals surface area contributed by atoms with Crippen molar-refractivity contribution in [1.82, 2.24) is 5.32 Å². The van der Waals surface area contributed by atoms with Gasteiger partial charge in [0.2, 0.25) is 5.91 Å². The molecular formula is C20H24N2O3S. The van der Waals surface area contributed by atoms with Crippen LogP contribution in [0.3, 0.4) is 0 Å². The fourth-order valence-electron chi connectivity index (χ4n) is 3.26. The fourth-order valence-corrected chi connectivity index (χ4v) is 4.34. The number of carbonyl (C=O) groups is 1. The molecule has 1 aliphatic carbocycles. The standard InChI is InChI=1S/C20H24N2O3S/c1-2-15-21-19(23)20(13-6-14-20)16-9-11-17(12-10-16)22-26(24,25)18-7-4-3-5-8-18/h3-5,7-12,22H,2,6,13-15H2,1H3,(H,21,23). The summed E-state index contributed by atoms with van der Waals surface area (Å²) in [5.74, 6) is 0.0724. The number of hydrogen-bond donors (Lipinski definition) is 2. The molecular weight excluding hydrogens is 348 g/mol. The number of benzene rings is 2. The molecule has 0 heterocycles. The lowest BCUT2D eigenvalue weighted by atomic mass is 9.64. The van der Waals surface area contributed by atoms with Crippen molar-refractivity contribution in [3.05, 3.63) is 60.2 Å². The first kappa shape index (κ1) is 18.5. The highest BCUT2D eigenvalue weighted by Gasteiger charge is 2.45. The Morgan fingerprint density at radius 3 is 2.23 bits per heavy atom. The Kier molecular flexibility index (Phi) is 5.32. The molecule has 2 N–H and O–H groups in total. The first-order valence-corrected chi connectivity index (χ1v) is 10.4. The van der Waals surface area contributed by atoms with E-state index in [1.54, 1.807) is 42.5 Å². The lowest BCUT2D eigenvalue weighted by Gasteiger charge is -2.40. The van der Waals surface area contributed by atoms with E-state index in [1.165, 1.54) is 0 Å². The van der Waals surface area contributed by atoms with Crippen LogP contribution in [0.4, 0.5) is 5.69 Å². The largest absolute Gasteiger partial charge is 0.355 e. The zero-order chi connectivity index (χ0) is 18.6. The molecule has 26 heavy (non-hydrogen) atoms. The van der Waals surface area contributed by atoms with E-state index in [0.717, 1.165) is 31.2 Å². The van der Waals surface area contributed by atoms with Gasteiger partial charge in [-0.1, -0.05) is 43.7 Å². The molecule has 2 aromatic rings. The van der Waals surface area contributed by atoms with Gasteiger partial charge in [-0.3, -0.25) is 9.52 Å². The van der Waals surface area contributed by atoms with Crippen LogP contribution >= 0.6 is 0 Å². The Morgan fingerprint density at radius 1 is 1.04 bits per heavy atom. The monoisotopic (exact) mass is 372 g/mol. The van der Waals surface area contributed by atoms with Crippen molar-refractivity contribution < 1.29 is 13.2 Å². The topological polar surface area (TPSA) is 75.3 Å². The van der Waals surface area contributed by atoms with Crippen molar-refractivity contribution in [2.45, 2.75) is 42.9 Å². The van der Waals surface area contributed by atoms with Gasteiger partial charge in [-0.2, -0.15) is 0 Å². The average Bonchev–Trinajstić information content (AvgIpc) is 2.61. The van der Waals surface area contributed by atoms with Crippen molar-refractivity contribution in [2.75, 3.05) is 11.3 Å². The summed E-state index contributed by atoms with van der Waals surface area (Å²) >= 11 is 0. The third-order valence-electron chi connectivity index (χ3n) is 4.92. The molecule has 0 unspecified atom stereocenters. The average molecular weight is 372 g/mol. The van der Waals surface area contributed by atoms with Crippen LogP contribution in [0, 0.1) is 0 Å². The molecule has 5 nitrogen and oxygen atoms in total. The van der Waals surface area contributed by atoms with Crippen LogP contribution in [0.5, 0.6) is 0 Å². The van der Waals surface area contributed by atoms with Crippen LogP contribution < -0.4 is 10.0 Å². The molecule has 3 rings (SSSR count). The summed E-state index contributed by atoms with van der Waals surface area (Å²) in [6, 6.07) is 15.4. The van der Waals surface area contributed by atoms with Crippen LogP contribution in [0.25, 0.3) is 0 Å². The first-order valence-electron chi connectivity index (χ1n) is 8.95. The first-order chi connectivity index (χ1) is 12.5. The van der Waals surface area contributed by atoms with E-state index in [1.807, 2.05) is 19.1 Å². The Labute approximate surface area is 154 Å². The summed E-state index contributed by atoms with van der Waals surface area (Å²) < 4.78 is 27.4. The quantitative estimate of drug-likeness (QED) is 0.782. The van der Waals surface area contributed by atoms with E-state index in [0.29, 0.717) is 12.2 Å². The van der Waals surface area contributed by atoms with Gasteiger partial charge in [0.25, 0.3) is 10.0 Å². The SMILES string of the molecule is CCCNC(=O)C1(c2ccc(NS(=O)(=O)c3ccccc3)cc2)CCC1. The second-order valence-electron chi connectivity index (χ2n) is 6.69. The zero-order valence-electron chi connectivity index (χ0n) is 14.9. The molecule has 0 radical (unpaired) electrons. The second-order valence-corrected chi connectivity index (χ2v) is 8.37. The number of carbonyl (C=O) groups excluding carboxylic acids is 1. The maximum Gasteiger partial charge on any atom is 0.261 e. The van der Waals surface area contributed by atoms with Gasteiger partial charge >= 0.3 is 0 Å². The van der Waals surface area contributed by atoms with Crippen LogP contribution in [-0.2, 0) is 20.2 Å². The van der Waals surface area contributed by atoms with E-state index in [2.05, 4.69) is 10.0 Å². The van der Waals surface area contributed by atoms with Crippen molar-refractivity contribution in [3.8, 4) is 0 Å². The molecule has 1 amide bonds. The number of nitrogens with one attached hydrogen (secondary N) is 2. The molecule has 0 spiro atoms. The van der Waals surface area contributed by atoms with E-state index >= 15 is 0 Å². The Bertz CT molecular complexity index is 858. The molecule has 138 valence electrons. The van der Waals surface area contributed by atoms with Crippen LogP contribution in [0.1, 0.15) is 38.2 Å². The predicted molar refractivity (Wildman–Crippen MR) is 103 cm³/mol. The van der Waals surface area contributed by atoms with Crippen molar-refractivity contribution in [2.24, 2.45) is 0 Å². The van der Waals surface area contributed by atoms with Gasteiger partial charge in [0.1, 0.15) is 0 Å².